The monoisotopic (exact) mass is 263 g/mol. The van der Waals surface area contributed by atoms with E-state index in [4.69, 9.17) is 0 Å². The zero-order valence-electron chi connectivity index (χ0n) is 12.4. The summed E-state index contributed by atoms with van der Waals surface area (Å²) in [6.45, 7) is 7.17. The fourth-order valence-electron chi connectivity index (χ4n) is 2.17. The summed E-state index contributed by atoms with van der Waals surface area (Å²) in [7, 11) is 1.88. The first-order chi connectivity index (χ1) is 9.15. The Bertz CT molecular complexity index is 402. The Labute approximate surface area is 116 Å². The largest absolute Gasteiger partial charge is 0.383 e. The lowest BCUT2D eigenvalue weighted by molar-refractivity contribution is 0.0724. The van der Waals surface area contributed by atoms with Gasteiger partial charge in [-0.2, -0.15) is 0 Å². The minimum Gasteiger partial charge on any atom is -0.383 e. The third-order valence-corrected chi connectivity index (χ3v) is 3.43. The molecule has 0 aliphatic rings. The highest BCUT2D eigenvalue weighted by molar-refractivity contribution is 5.99. The van der Waals surface area contributed by atoms with Crippen molar-refractivity contribution in [2.75, 3.05) is 18.9 Å². The van der Waals surface area contributed by atoms with Crippen LogP contribution in [0, 0.1) is 0 Å². The van der Waals surface area contributed by atoms with E-state index in [-0.39, 0.29) is 5.91 Å². The topological polar surface area (TPSA) is 45.2 Å². The minimum absolute atomic E-state index is 0.0645. The van der Waals surface area contributed by atoms with E-state index in [1.807, 2.05) is 11.9 Å². The number of carbonyl (C=O) groups excluding carboxylic acids is 1. The number of rotatable bonds is 7. The van der Waals surface area contributed by atoms with Gasteiger partial charge in [-0.3, -0.25) is 9.78 Å². The van der Waals surface area contributed by atoms with E-state index in [0.717, 1.165) is 31.5 Å². The molecule has 1 aromatic heterocycles. The lowest BCUT2D eigenvalue weighted by atomic mass is 10.1. The average Bonchev–Trinajstić information content (AvgIpc) is 2.45. The Morgan fingerprint density at radius 2 is 2.05 bits per heavy atom. The predicted molar refractivity (Wildman–Crippen MR) is 79.5 cm³/mol. The van der Waals surface area contributed by atoms with Gasteiger partial charge >= 0.3 is 0 Å². The van der Waals surface area contributed by atoms with Gasteiger partial charge in [0.1, 0.15) is 0 Å². The van der Waals surface area contributed by atoms with Gasteiger partial charge in [-0.25, -0.2) is 0 Å². The van der Waals surface area contributed by atoms with Crippen molar-refractivity contribution in [1.29, 1.82) is 0 Å². The van der Waals surface area contributed by atoms with Crippen LogP contribution in [0.1, 0.15) is 50.4 Å². The fourth-order valence-corrected chi connectivity index (χ4v) is 2.17. The lowest BCUT2D eigenvalue weighted by Gasteiger charge is -2.27. The molecule has 0 saturated heterocycles. The molecule has 4 heteroatoms. The van der Waals surface area contributed by atoms with Crippen molar-refractivity contribution in [2.24, 2.45) is 0 Å². The molecule has 0 saturated carbocycles. The summed E-state index contributed by atoms with van der Waals surface area (Å²) in [6, 6.07) is 2.08. The second kappa shape index (κ2) is 7.77. The van der Waals surface area contributed by atoms with Crippen molar-refractivity contribution in [3.8, 4) is 0 Å². The van der Waals surface area contributed by atoms with Gasteiger partial charge in [0.15, 0.2) is 0 Å². The molecule has 1 amide bonds. The van der Waals surface area contributed by atoms with E-state index < -0.39 is 0 Å². The first-order valence-electron chi connectivity index (χ1n) is 7.10. The second-order valence-corrected chi connectivity index (χ2v) is 4.73. The molecule has 1 N–H and O–H groups in total. The van der Waals surface area contributed by atoms with Crippen molar-refractivity contribution >= 4 is 11.6 Å². The molecule has 0 aliphatic carbocycles. The standard InChI is InChI=1S/C15H25N3O/c1-5-9-17-14-11-16-10-8-13(14)15(19)18(4)12(6-2)7-3/h8,10-12,17H,5-7,9H2,1-4H3. The summed E-state index contributed by atoms with van der Waals surface area (Å²) in [5.41, 5.74) is 1.53. The van der Waals surface area contributed by atoms with Gasteiger partial charge in [0.05, 0.1) is 17.4 Å². The maximum Gasteiger partial charge on any atom is 0.256 e. The third-order valence-electron chi connectivity index (χ3n) is 3.43. The minimum atomic E-state index is 0.0645. The summed E-state index contributed by atoms with van der Waals surface area (Å²) in [4.78, 5) is 18.5. The molecule has 0 radical (unpaired) electrons. The van der Waals surface area contributed by atoms with Crippen LogP contribution in [0.2, 0.25) is 0 Å². The lowest BCUT2D eigenvalue weighted by Crippen LogP contribution is -2.36. The smallest absolute Gasteiger partial charge is 0.256 e. The quantitative estimate of drug-likeness (QED) is 0.822. The molecular formula is C15H25N3O. The SMILES string of the molecule is CCCNc1cnccc1C(=O)N(C)C(CC)CC. The summed E-state index contributed by atoms with van der Waals surface area (Å²) in [5, 5.41) is 3.26. The Morgan fingerprint density at radius 1 is 1.37 bits per heavy atom. The molecule has 106 valence electrons. The highest BCUT2D eigenvalue weighted by atomic mass is 16.2. The average molecular weight is 263 g/mol. The number of carbonyl (C=O) groups is 1. The van der Waals surface area contributed by atoms with Crippen LogP contribution < -0.4 is 5.32 Å². The van der Waals surface area contributed by atoms with E-state index in [0.29, 0.717) is 11.6 Å². The first-order valence-corrected chi connectivity index (χ1v) is 7.10. The highest BCUT2D eigenvalue weighted by Crippen LogP contribution is 2.18. The third kappa shape index (κ3) is 3.94. The van der Waals surface area contributed by atoms with Crippen LogP contribution in [0.5, 0.6) is 0 Å². The molecule has 0 bridgehead atoms. The molecular weight excluding hydrogens is 238 g/mol. The van der Waals surface area contributed by atoms with Crippen LogP contribution in [-0.2, 0) is 0 Å². The van der Waals surface area contributed by atoms with Gasteiger partial charge in [0.2, 0.25) is 0 Å². The van der Waals surface area contributed by atoms with Crippen LogP contribution in [0.3, 0.4) is 0 Å². The number of nitrogens with one attached hydrogen (secondary N) is 1. The molecule has 19 heavy (non-hydrogen) atoms. The number of hydrogen-bond acceptors (Lipinski definition) is 3. The van der Waals surface area contributed by atoms with E-state index in [1.165, 1.54) is 0 Å². The molecule has 0 atom stereocenters. The number of aromatic nitrogens is 1. The van der Waals surface area contributed by atoms with Crippen molar-refractivity contribution in [3.05, 3.63) is 24.0 Å². The Kier molecular flexibility index (Phi) is 6.33. The van der Waals surface area contributed by atoms with Crippen LogP contribution in [0.15, 0.2) is 18.5 Å². The maximum atomic E-state index is 12.5. The van der Waals surface area contributed by atoms with Gasteiger partial charge in [-0.15, -0.1) is 0 Å². The van der Waals surface area contributed by atoms with Gasteiger partial charge < -0.3 is 10.2 Å². The maximum absolute atomic E-state index is 12.5. The summed E-state index contributed by atoms with van der Waals surface area (Å²) < 4.78 is 0. The Hall–Kier alpha value is -1.58. The summed E-state index contributed by atoms with van der Waals surface area (Å²) >= 11 is 0. The van der Waals surface area contributed by atoms with Gasteiger partial charge in [0.25, 0.3) is 5.91 Å². The van der Waals surface area contributed by atoms with E-state index >= 15 is 0 Å². The highest BCUT2D eigenvalue weighted by Gasteiger charge is 2.20. The molecule has 0 spiro atoms. The van der Waals surface area contributed by atoms with Gasteiger partial charge in [-0.05, 0) is 25.3 Å². The van der Waals surface area contributed by atoms with E-state index in [1.54, 1.807) is 18.5 Å². The van der Waals surface area contributed by atoms with Crippen LogP contribution in [0.4, 0.5) is 5.69 Å². The molecule has 1 rings (SSSR count). The van der Waals surface area contributed by atoms with Gasteiger partial charge in [0, 0.05) is 25.8 Å². The molecule has 4 nitrogen and oxygen atoms in total. The number of nitrogens with zero attached hydrogens (tertiary/aromatic N) is 2. The van der Waals surface area contributed by atoms with Crippen molar-refractivity contribution in [3.63, 3.8) is 0 Å². The molecule has 1 heterocycles. The zero-order valence-corrected chi connectivity index (χ0v) is 12.4. The van der Waals surface area contributed by atoms with Crippen molar-refractivity contribution < 1.29 is 4.79 Å². The first kappa shape index (κ1) is 15.5. The number of anilines is 1. The van der Waals surface area contributed by atoms with Crippen molar-refractivity contribution in [1.82, 2.24) is 9.88 Å². The summed E-state index contributed by atoms with van der Waals surface area (Å²) in [6.07, 6.45) is 6.36. The van der Waals surface area contributed by atoms with E-state index in [9.17, 15) is 4.79 Å². The van der Waals surface area contributed by atoms with Crippen LogP contribution >= 0.6 is 0 Å². The Balaban J connectivity index is 2.92. The van der Waals surface area contributed by atoms with Crippen LogP contribution in [0.25, 0.3) is 0 Å². The second-order valence-electron chi connectivity index (χ2n) is 4.73. The predicted octanol–water partition coefficient (Wildman–Crippen LogP) is 3.16. The van der Waals surface area contributed by atoms with Crippen molar-refractivity contribution in [2.45, 2.75) is 46.1 Å². The number of amides is 1. The molecule has 1 aromatic rings. The normalized spacial score (nSPS) is 10.6. The summed E-state index contributed by atoms with van der Waals surface area (Å²) in [5.74, 6) is 0.0645. The van der Waals surface area contributed by atoms with Crippen LogP contribution in [-0.4, -0.2) is 35.4 Å². The number of pyridine rings is 1. The zero-order chi connectivity index (χ0) is 14.3. The number of hydrogen-bond donors (Lipinski definition) is 1. The fraction of sp³-hybridized carbons (Fsp3) is 0.600. The molecule has 0 fully saturated rings. The van der Waals surface area contributed by atoms with E-state index in [2.05, 4.69) is 31.1 Å². The Morgan fingerprint density at radius 3 is 2.63 bits per heavy atom. The molecule has 0 aliphatic heterocycles. The molecule has 0 unspecified atom stereocenters. The van der Waals surface area contributed by atoms with Gasteiger partial charge in [-0.1, -0.05) is 20.8 Å². The molecule has 0 aromatic carbocycles.